The van der Waals surface area contributed by atoms with Crippen molar-refractivity contribution in [3.8, 4) is 16.9 Å². The van der Waals surface area contributed by atoms with Crippen LogP contribution in [0.5, 0.6) is 5.75 Å². The third-order valence-electron chi connectivity index (χ3n) is 4.72. The van der Waals surface area contributed by atoms with Crippen LogP contribution in [0.15, 0.2) is 53.4 Å². The molecule has 0 unspecified atom stereocenters. The van der Waals surface area contributed by atoms with Gasteiger partial charge in [0.25, 0.3) is 0 Å². The lowest BCUT2D eigenvalue weighted by molar-refractivity contribution is -0.144. The Morgan fingerprint density at radius 2 is 1.43 bits per heavy atom. The van der Waals surface area contributed by atoms with Gasteiger partial charge in [0, 0.05) is 4.90 Å². The van der Waals surface area contributed by atoms with Gasteiger partial charge in [0.05, 0.1) is 0 Å². The van der Waals surface area contributed by atoms with Crippen molar-refractivity contribution in [2.45, 2.75) is 69.8 Å². The van der Waals surface area contributed by atoms with Crippen LogP contribution in [0.3, 0.4) is 0 Å². The number of carbonyl (C=O) groups is 1. The molecule has 2 aromatic carbocycles. The van der Waals surface area contributed by atoms with E-state index in [9.17, 15) is 4.79 Å². The second-order valence-corrected chi connectivity index (χ2v) is 8.29. The molecule has 2 rings (SSSR count). The van der Waals surface area contributed by atoms with E-state index in [1.807, 2.05) is 36.0 Å². The molecular weight excluding hydrogens is 368 g/mol. The molecule has 0 aliphatic heterocycles. The number of rotatable bonds is 13. The van der Waals surface area contributed by atoms with E-state index in [0.29, 0.717) is 5.75 Å². The fourth-order valence-electron chi connectivity index (χ4n) is 2.97. The first kappa shape index (κ1) is 22.4. The van der Waals surface area contributed by atoms with Gasteiger partial charge in [-0.05, 0) is 54.5 Å². The molecule has 0 aromatic heterocycles. The van der Waals surface area contributed by atoms with Crippen LogP contribution in [-0.2, 0) is 4.79 Å². The molecule has 28 heavy (non-hydrogen) atoms. The minimum Gasteiger partial charge on any atom is -0.479 e. The van der Waals surface area contributed by atoms with E-state index in [4.69, 9.17) is 9.84 Å². The summed E-state index contributed by atoms with van der Waals surface area (Å²) in [6.07, 6.45) is 8.59. The summed E-state index contributed by atoms with van der Waals surface area (Å²) in [4.78, 5) is 12.2. The Morgan fingerprint density at radius 3 is 2.00 bits per heavy atom. The van der Waals surface area contributed by atoms with Crippen molar-refractivity contribution in [3.05, 3.63) is 48.5 Å². The topological polar surface area (TPSA) is 46.5 Å². The zero-order valence-corrected chi connectivity index (χ0v) is 17.8. The summed E-state index contributed by atoms with van der Waals surface area (Å²) < 4.78 is 5.37. The Hall–Kier alpha value is -1.94. The van der Waals surface area contributed by atoms with Crippen LogP contribution in [0.1, 0.15) is 58.8 Å². The highest BCUT2D eigenvalue weighted by Gasteiger charge is 2.12. The number of thioether (sulfide) groups is 1. The maximum Gasteiger partial charge on any atom is 0.344 e. The SMILES string of the molecule is CCCCCCCCCSc1ccc(-c2ccc(O[C@H](C)C(=O)O)cc2)cc1. The fourth-order valence-corrected chi connectivity index (χ4v) is 3.89. The molecule has 4 heteroatoms. The van der Waals surface area contributed by atoms with Crippen molar-refractivity contribution in [2.75, 3.05) is 5.75 Å². The predicted molar refractivity (Wildman–Crippen MR) is 118 cm³/mol. The number of benzene rings is 2. The smallest absolute Gasteiger partial charge is 0.344 e. The molecular formula is C24H32O3S. The van der Waals surface area contributed by atoms with E-state index < -0.39 is 12.1 Å². The van der Waals surface area contributed by atoms with Crippen molar-refractivity contribution in [1.29, 1.82) is 0 Å². The number of carboxylic acid groups (broad SMARTS) is 1. The normalized spacial score (nSPS) is 11.9. The summed E-state index contributed by atoms with van der Waals surface area (Å²) in [6, 6.07) is 16.2. The Labute approximate surface area is 173 Å². The lowest BCUT2D eigenvalue weighted by Crippen LogP contribution is -2.22. The highest BCUT2D eigenvalue weighted by molar-refractivity contribution is 7.99. The molecule has 0 aliphatic rings. The van der Waals surface area contributed by atoms with E-state index in [-0.39, 0.29) is 0 Å². The van der Waals surface area contributed by atoms with Crippen LogP contribution in [0.2, 0.25) is 0 Å². The maximum absolute atomic E-state index is 10.9. The number of hydrogen-bond donors (Lipinski definition) is 1. The standard InChI is InChI=1S/C24H32O3S/c1-3-4-5-6-7-8-9-18-28-23-16-12-21(13-17-23)20-10-14-22(15-11-20)27-19(2)24(25)26/h10-17,19H,3-9,18H2,1-2H3,(H,25,26)/t19-/m1/s1. The first-order valence-electron chi connectivity index (χ1n) is 10.3. The molecule has 0 fully saturated rings. The van der Waals surface area contributed by atoms with Crippen LogP contribution in [0.25, 0.3) is 11.1 Å². The lowest BCUT2D eigenvalue weighted by atomic mass is 10.1. The summed E-state index contributed by atoms with van der Waals surface area (Å²) in [7, 11) is 0. The highest BCUT2D eigenvalue weighted by Crippen LogP contribution is 2.26. The minimum absolute atomic E-state index is 0.570. The van der Waals surface area contributed by atoms with Crippen LogP contribution in [-0.4, -0.2) is 22.9 Å². The van der Waals surface area contributed by atoms with Crippen LogP contribution in [0.4, 0.5) is 0 Å². The lowest BCUT2D eigenvalue weighted by Gasteiger charge is -2.11. The van der Waals surface area contributed by atoms with Gasteiger partial charge in [-0.3, -0.25) is 0 Å². The summed E-state index contributed by atoms with van der Waals surface area (Å²) in [5.74, 6) is 0.787. The molecule has 0 saturated heterocycles. The zero-order valence-electron chi connectivity index (χ0n) is 17.0. The molecule has 152 valence electrons. The van der Waals surface area contributed by atoms with Crippen molar-refractivity contribution in [2.24, 2.45) is 0 Å². The van der Waals surface area contributed by atoms with E-state index in [0.717, 1.165) is 11.1 Å². The summed E-state index contributed by atoms with van der Waals surface area (Å²) in [6.45, 7) is 3.79. The van der Waals surface area contributed by atoms with Crippen molar-refractivity contribution >= 4 is 17.7 Å². The maximum atomic E-state index is 10.9. The third-order valence-corrected chi connectivity index (χ3v) is 5.82. The Kier molecular flexibility index (Phi) is 9.98. The molecule has 2 aromatic rings. The molecule has 0 heterocycles. The van der Waals surface area contributed by atoms with Gasteiger partial charge in [0.15, 0.2) is 6.10 Å². The average Bonchev–Trinajstić information content (AvgIpc) is 2.71. The summed E-state index contributed by atoms with van der Waals surface area (Å²) in [5.41, 5.74) is 2.25. The Balaban J connectivity index is 1.75. The number of hydrogen-bond acceptors (Lipinski definition) is 3. The van der Waals surface area contributed by atoms with Crippen molar-refractivity contribution < 1.29 is 14.6 Å². The molecule has 3 nitrogen and oxygen atoms in total. The van der Waals surface area contributed by atoms with Gasteiger partial charge < -0.3 is 9.84 Å². The molecule has 0 spiro atoms. The third kappa shape index (κ3) is 7.97. The van der Waals surface area contributed by atoms with Gasteiger partial charge in [-0.1, -0.05) is 69.7 Å². The highest BCUT2D eigenvalue weighted by atomic mass is 32.2. The molecule has 0 aliphatic carbocycles. The Morgan fingerprint density at radius 1 is 0.893 bits per heavy atom. The van der Waals surface area contributed by atoms with E-state index in [2.05, 4.69) is 31.2 Å². The largest absolute Gasteiger partial charge is 0.479 e. The first-order valence-corrected chi connectivity index (χ1v) is 11.3. The molecule has 1 N–H and O–H groups in total. The van der Waals surface area contributed by atoms with Crippen LogP contribution >= 0.6 is 11.8 Å². The molecule has 0 amide bonds. The van der Waals surface area contributed by atoms with E-state index in [1.54, 1.807) is 0 Å². The molecule has 0 saturated carbocycles. The molecule has 1 atom stereocenters. The first-order chi connectivity index (χ1) is 13.6. The van der Waals surface area contributed by atoms with E-state index in [1.165, 1.54) is 62.5 Å². The fraction of sp³-hybridized carbons (Fsp3) is 0.458. The number of aliphatic carboxylic acids is 1. The number of carboxylic acids is 1. The van der Waals surface area contributed by atoms with Gasteiger partial charge in [-0.2, -0.15) is 0 Å². The average molecular weight is 401 g/mol. The van der Waals surface area contributed by atoms with Crippen LogP contribution in [0, 0.1) is 0 Å². The monoisotopic (exact) mass is 400 g/mol. The van der Waals surface area contributed by atoms with E-state index >= 15 is 0 Å². The van der Waals surface area contributed by atoms with Crippen molar-refractivity contribution in [1.82, 2.24) is 0 Å². The summed E-state index contributed by atoms with van der Waals surface area (Å²) in [5, 5.41) is 8.91. The predicted octanol–water partition coefficient (Wildman–Crippen LogP) is 7.05. The number of ether oxygens (including phenoxy) is 1. The minimum atomic E-state index is -0.964. The molecule has 0 bridgehead atoms. The zero-order chi connectivity index (χ0) is 20.2. The molecule has 0 radical (unpaired) electrons. The quantitative estimate of drug-likeness (QED) is 0.289. The second kappa shape index (κ2) is 12.5. The van der Waals surface area contributed by atoms with Gasteiger partial charge in [0.1, 0.15) is 5.75 Å². The Bertz CT molecular complexity index is 695. The second-order valence-electron chi connectivity index (χ2n) is 7.12. The van der Waals surface area contributed by atoms with Crippen LogP contribution < -0.4 is 4.74 Å². The number of unbranched alkanes of at least 4 members (excludes halogenated alkanes) is 6. The summed E-state index contributed by atoms with van der Waals surface area (Å²) >= 11 is 1.93. The van der Waals surface area contributed by atoms with Gasteiger partial charge in [-0.15, -0.1) is 11.8 Å². The van der Waals surface area contributed by atoms with Gasteiger partial charge >= 0.3 is 5.97 Å². The van der Waals surface area contributed by atoms with Gasteiger partial charge in [0.2, 0.25) is 0 Å². The van der Waals surface area contributed by atoms with Gasteiger partial charge in [-0.25, -0.2) is 4.79 Å². The van der Waals surface area contributed by atoms with Crippen molar-refractivity contribution in [3.63, 3.8) is 0 Å².